The molecule has 0 saturated carbocycles. The van der Waals surface area contributed by atoms with Gasteiger partial charge in [0.25, 0.3) is 5.56 Å². The van der Waals surface area contributed by atoms with E-state index in [-0.39, 0.29) is 36.4 Å². The molecule has 1 aromatic carbocycles. The van der Waals surface area contributed by atoms with Crippen molar-refractivity contribution < 1.29 is 18.6 Å². The molecule has 150 valence electrons. The first-order chi connectivity index (χ1) is 12.6. The van der Waals surface area contributed by atoms with Gasteiger partial charge >= 0.3 is 0 Å². The monoisotopic (exact) mass is 412 g/mol. The number of ether oxygens (including phenoxy) is 1. The van der Waals surface area contributed by atoms with E-state index in [0.29, 0.717) is 17.1 Å². The number of benzene rings is 1. The molecular formula is C18H19ClF2N4O3. The number of anilines is 1. The number of pyridine rings is 1. The summed E-state index contributed by atoms with van der Waals surface area (Å²) in [5, 5.41) is 13.1. The lowest BCUT2D eigenvalue weighted by molar-refractivity contribution is 0.0943. The first-order valence-corrected chi connectivity index (χ1v) is 8.10. The van der Waals surface area contributed by atoms with E-state index in [2.05, 4.69) is 15.3 Å². The normalized spacial score (nSPS) is 11.2. The van der Waals surface area contributed by atoms with Gasteiger partial charge in [-0.2, -0.15) is 4.98 Å². The van der Waals surface area contributed by atoms with Crippen molar-refractivity contribution in [3.63, 3.8) is 0 Å². The molecule has 3 aromatic rings. The molecule has 0 amide bonds. The first kappa shape index (κ1) is 21.5. The molecule has 3 rings (SSSR count). The lowest BCUT2D eigenvalue weighted by Crippen LogP contribution is -2.30. The average Bonchev–Trinajstić information content (AvgIpc) is 2.59. The molecule has 0 saturated heterocycles. The Labute approximate surface area is 165 Å². The van der Waals surface area contributed by atoms with Crippen LogP contribution in [0.4, 0.5) is 14.7 Å². The maximum absolute atomic E-state index is 13.8. The minimum Gasteiger partial charge on any atom is -0.448 e. The fraction of sp³-hybridized carbons (Fsp3) is 0.278. The van der Waals surface area contributed by atoms with Gasteiger partial charge in [0, 0.05) is 31.2 Å². The summed E-state index contributed by atoms with van der Waals surface area (Å²) in [6, 6.07) is 4.20. The largest absolute Gasteiger partial charge is 0.448 e. The van der Waals surface area contributed by atoms with Gasteiger partial charge in [-0.15, -0.1) is 12.4 Å². The van der Waals surface area contributed by atoms with Crippen LogP contribution in [0, 0.1) is 11.6 Å². The zero-order chi connectivity index (χ0) is 19.8. The minimum absolute atomic E-state index is 0. The molecule has 7 nitrogen and oxygen atoms in total. The van der Waals surface area contributed by atoms with Crippen molar-refractivity contribution in [2.24, 2.45) is 7.05 Å². The summed E-state index contributed by atoms with van der Waals surface area (Å²) >= 11 is 0. The second-order valence-corrected chi connectivity index (χ2v) is 6.69. The van der Waals surface area contributed by atoms with Crippen molar-refractivity contribution in [1.82, 2.24) is 14.5 Å². The van der Waals surface area contributed by atoms with Crippen molar-refractivity contribution in [3.05, 3.63) is 52.5 Å². The van der Waals surface area contributed by atoms with Crippen molar-refractivity contribution in [2.75, 3.05) is 11.9 Å². The highest BCUT2D eigenvalue weighted by molar-refractivity contribution is 5.85. The fourth-order valence-corrected chi connectivity index (χ4v) is 2.35. The molecule has 28 heavy (non-hydrogen) atoms. The van der Waals surface area contributed by atoms with Crippen molar-refractivity contribution in [2.45, 2.75) is 19.4 Å². The van der Waals surface area contributed by atoms with Crippen LogP contribution in [0.2, 0.25) is 0 Å². The van der Waals surface area contributed by atoms with E-state index in [9.17, 15) is 18.7 Å². The molecule has 0 aliphatic heterocycles. The lowest BCUT2D eigenvalue weighted by Gasteiger charge is -2.17. The zero-order valence-corrected chi connectivity index (χ0v) is 16.2. The molecule has 0 unspecified atom stereocenters. The van der Waals surface area contributed by atoms with Gasteiger partial charge in [0.1, 0.15) is 11.5 Å². The van der Waals surface area contributed by atoms with Crippen LogP contribution >= 0.6 is 12.4 Å². The van der Waals surface area contributed by atoms with E-state index < -0.39 is 22.8 Å². The average molecular weight is 413 g/mol. The number of rotatable bonds is 5. The maximum Gasteiger partial charge on any atom is 0.294 e. The Morgan fingerprint density at radius 3 is 2.61 bits per heavy atom. The van der Waals surface area contributed by atoms with Crippen LogP contribution in [0.5, 0.6) is 11.5 Å². The number of nitrogens with zero attached hydrogens (tertiary/aromatic N) is 3. The van der Waals surface area contributed by atoms with E-state index in [4.69, 9.17) is 4.74 Å². The highest BCUT2D eigenvalue weighted by Gasteiger charge is 2.15. The van der Waals surface area contributed by atoms with E-state index in [1.165, 1.54) is 23.9 Å². The molecule has 0 radical (unpaired) electrons. The SMILES string of the molecule is Cl.Cn1c(=O)c(Oc2ccc(F)cc2F)cc2cnc(NCC(C)(C)O)nc21. The summed E-state index contributed by atoms with van der Waals surface area (Å²) in [5.41, 5.74) is -1.17. The molecule has 0 aliphatic carbocycles. The van der Waals surface area contributed by atoms with Crippen LogP contribution in [0.1, 0.15) is 13.8 Å². The van der Waals surface area contributed by atoms with Crippen LogP contribution in [-0.4, -0.2) is 31.8 Å². The molecule has 2 N–H and O–H groups in total. The molecular weight excluding hydrogens is 394 g/mol. The summed E-state index contributed by atoms with van der Waals surface area (Å²) in [5.74, 6) is -1.82. The summed E-state index contributed by atoms with van der Waals surface area (Å²) < 4.78 is 33.4. The number of aromatic nitrogens is 3. The zero-order valence-electron chi connectivity index (χ0n) is 15.4. The molecule has 2 heterocycles. The van der Waals surface area contributed by atoms with Gasteiger partial charge in [-0.1, -0.05) is 0 Å². The summed E-state index contributed by atoms with van der Waals surface area (Å²) in [4.78, 5) is 20.9. The summed E-state index contributed by atoms with van der Waals surface area (Å²) in [6.45, 7) is 3.49. The third-order valence-corrected chi connectivity index (χ3v) is 3.71. The number of hydrogen-bond donors (Lipinski definition) is 2. The Hall–Kier alpha value is -2.78. The van der Waals surface area contributed by atoms with Crippen LogP contribution in [0.3, 0.4) is 0 Å². The highest BCUT2D eigenvalue weighted by atomic mass is 35.5. The summed E-state index contributed by atoms with van der Waals surface area (Å²) in [6.07, 6.45) is 1.47. The second-order valence-electron chi connectivity index (χ2n) is 6.69. The smallest absolute Gasteiger partial charge is 0.294 e. The van der Waals surface area contributed by atoms with E-state index in [1.807, 2.05) is 0 Å². The van der Waals surface area contributed by atoms with Crippen molar-refractivity contribution >= 4 is 29.4 Å². The topological polar surface area (TPSA) is 89.3 Å². The number of halogens is 3. The van der Waals surface area contributed by atoms with Crippen LogP contribution in [0.15, 0.2) is 35.3 Å². The van der Waals surface area contributed by atoms with Gasteiger partial charge in [0.2, 0.25) is 5.95 Å². The molecule has 0 spiro atoms. The van der Waals surface area contributed by atoms with Gasteiger partial charge in [-0.25, -0.2) is 13.8 Å². The number of nitrogens with one attached hydrogen (secondary N) is 1. The quantitative estimate of drug-likeness (QED) is 0.669. The second kappa shape index (κ2) is 8.07. The number of fused-ring (bicyclic) bond motifs is 1. The minimum atomic E-state index is -0.957. The highest BCUT2D eigenvalue weighted by Crippen LogP contribution is 2.25. The predicted octanol–water partition coefficient (Wildman–Crippen LogP) is 3.00. The Morgan fingerprint density at radius 1 is 1.25 bits per heavy atom. The van der Waals surface area contributed by atoms with Crippen molar-refractivity contribution in [1.29, 1.82) is 0 Å². The number of aliphatic hydroxyl groups is 1. The molecule has 2 aromatic heterocycles. The Bertz CT molecular complexity index is 1070. The first-order valence-electron chi connectivity index (χ1n) is 8.10. The molecule has 0 aliphatic rings. The van der Waals surface area contributed by atoms with E-state index in [1.54, 1.807) is 13.8 Å². The standard InChI is InChI=1S/C18H18F2N4O3.ClH/c1-18(2,26)9-22-17-21-8-10-6-14(16(25)24(3)15(10)23-17)27-13-5-4-11(19)7-12(13)20;/h4-8,26H,9H2,1-3H3,(H,21,22,23);1H. The summed E-state index contributed by atoms with van der Waals surface area (Å²) in [7, 11) is 1.49. The Kier molecular flexibility index (Phi) is 6.20. The fourth-order valence-electron chi connectivity index (χ4n) is 2.35. The maximum atomic E-state index is 13.8. The molecule has 10 heteroatoms. The van der Waals surface area contributed by atoms with Gasteiger partial charge in [-0.05, 0) is 32.0 Å². The van der Waals surface area contributed by atoms with Crippen LogP contribution in [0.25, 0.3) is 11.0 Å². The molecule has 0 fully saturated rings. The van der Waals surface area contributed by atoms with Crippen LogP contribution in [-0.2, 0) is 7.05 Å². The predicted molar refractivity (Wildman–Crippen MR) is 103 cm³/mol. The number of aryl methyl sites for hydroxylation is 1. The van der Waals surface area contributed by atoms with Crippen molar-refractivity contribution in [3.8, 4) is 11.5 Å². The van der Waals surface area contributed by atoms with Gasteiger partial charge in [0.15, 0.2) is 17.3 Å². The Balaban J connectivity index is 0.00000280. The van der Waals surface area contributed by atoms with E-state index in [0.717, 1.165) is 12.1 Å². The molecule has 0 bridgehead atoms. The third-order valence-electron chi connectivity index (χ3n) is 3.71. The lowest BCUT2D eigenvalue weighted by atomic mass is 10.1. The third kappa shape index (κ3) is 4.73. The van der Waals surface area contributed by atoms with Crippen LogP contribution < -0.4 is 15.6 Å². The van der Waals surface area contributed by atoms with E-state index >= 15 is 0 Å². The van der Waals surface area contributed by atoms with Gasteiger partial charge < -0.3 is 15.2 Å². The number of hydrogen-bond acceptors (Lipinski definition) is 6. The Morgan fingerprint density at radius 2 is 1.96 bits per heavy atom. The van der Waals surface area contributed by atoms with Gasteiger partial charge in [0.05, 0.1) is 5.60 Å². The van der Waals surface area contributed by atoms with Gasteiger partial charge in [-0.3, -0.25) is 9.36 Å². The molecule has 0 atom stereocenters.